The Morgan fingerprint density at radius 1 is 1.08 bits per heavy atom. The third-order valence-electron chi connectivity index (χ3n) is 3.76. The topological polar surface area (TPSA) is 85.6 Å². The van der Waals surface area contributed by atoms with Gasteiger partial charge in [0.05, 0.1) is 0 Å². The first kappa shape index (κ1) is 19.4. The predicted molar refractivity (Wildman–Crippen MR) is 96.9 cm³/mol. The SMILES string of the molecule is CC(=O)c1ccc(-c2ccc(C(=O)OCC(=O)NCCC(C)C)o2)cc1. The molecule has 26 heavy (non-hydrogen) atoms. The van der Waals surface area contributed by atoms with Crippen LogP contribution in [-0.2, 0) is 9.53 Å². The number of furan rings is 1. The molecule has 1 aromatic heterocycles. The smallest absolute Gasteiger partial charge is 0.374 e. The van der Waals surface area contributed by atoms with E-state index >= 15 is 0 Å². The first-order chi connectivity index (χ1) is 12.4. The standard InChI is InChI=1S/C20H23NO5/c1-13(2)10-11-21-19(23)12-25-20(24)18-9-8-17(26-18)16-6-4-15(5-7-16)14(3)22/h4-9,13H,10-12H2,1-3H3,(H,21,23). The van der Waals surface area contributed by atoms with Crippen molar-refractivity contribution >= 4 is 17.7 Å². The number of benzene rings is 1. The Bertz CT molecular complexity index is 774. The van der Waals surface area contributed by atoms with E-state index in [-0.39, 0.29) is 24.1 Å². The lowest BCUT2D eigenvalue weighted by atomic mass is 10.1. The van der Waals surface area contributed by atoms with Gasteiger partial charge in [-0.25, -0.2) is 4.79 Å². The maximum atomic E-state index is 12.0. The maximum Gasteiger partial charge on any atom is 0.374 e. The molecule has 0 atom stereocenters. The van der Waals surface area contributed by atoms with E-state index in [0.717, 1.165) is 12.0 Å². The predicted octanol–water partition coefficient (Wildman–Crippen LogP) is 3.47. The number of amides is 1. The molecule has 0 saturated carbocycles. The number of rotatable bonds is 8. The van der Waals surface area contributed by atoms with Crippen LogP contribution in [0.4, 0.5) is 0 Å². The fourth-order valence-electron chi connectivity index (χ4n) is 2.23. The summed E-state index contributed by atoms with van der Waals surface area (Å²) in [5.74, 6) is -0.0730. The Morgan fingerprint density at radius 2 is 1.77 bits per heavy atom. The van der Waals surface area contributed by atoms with Gasteiger partial charge in [0.25, 0.3) is 5.91 Å². The highest BCUT2D eigenvalue weighted by Gasteiger charge is 2.15. The number of ketones is 1. The van der Waals surface area contributed by atoms with Crippen molar-refractivity contribution < 1.29 is 23.5 Å². The van der Waals surface area contributed by atoms with Gasteiger partial charge in [-0.3, -0.25) is 9.59 Å². The highest BCUT2D eigenvalue weighted by molar-refractivity contribution is 5.94. The summed E-state index contributed by atoms with van der Waals surface area (Å²) < 4.78 is 10.4. The van der Waals surface area contributed by atoms with Gasteiger partial charge in [0.15, 0.2) is 12.4 Å². The molecule has 0 unspecified atom stereocenters. The van der Waals surface area contributed by atoms with Gasteiger partial charge in [0, 0.05) is 17.7 Å². The molecule has 1 aromatic carbocycles. The summed E-state index contributed by atoms with van der Waals surface area (Å²) in [5, 5.41) is 2.69. The monoisotopic (exact) mass is 357 g/mol. The van der Waals surface area contributed by atoms with Crippen LogP contribution < -0.4 is 5.32 Å². The largest absolute Gasteiger partial charge is 0.450 e. The van der Waals surface area contributed by atoms with Gasteiger partial charge in [0.2, 0.25) is 5.76 Å². The fourth-order valence-corrected chi connectivity index (χ4v) is 2.23. The molecule has 2 aromatic rings. The van der Waals surface area contributed by atoms with Crippen molar-refractivity contribution in [1.82, 2.24) is 5.32 Å². The van der Waals surface area contributed by atoms with Crippen LogP contribution in [-0.4, -0.2) is 30.8 Å². The number of nitrogens with one attached hydrogen (secondary N) is 1. The zero-order chi connectivity index (χ0) is 19.1. The summed E-state index contributed by atoms with van der Waals surface area (Å²) in [6, 6.07) is 10.0. The number of carbonyl (C=O) groups excluding carboxylic acids is 3. The quantitative estimate of drug-likeness (QED) is 0.577. The number of carbonyl (C=O) groups is 3. The second-order valence-electron chi connectivity index (χ2n) is 6.41. The first-order valence-corrected chi connectivity index (χ1v) is 8.52. The molecule has 1 N–H and O–H groups in total. The number of Topliss-reactive ketones (excluding diaryl/α,β-unsaturated/α-hetero) is 1. The van der Waals surface area contributed by atoms with Gasteiger partial charge in [-0.1, -0.05) is 38.1 Å². The molecule has 6 nitrogen and oxygen atoms in total. The fraction of sp³-hybridized carbons (Fsp3) is 0.350. The molecule has 0 aliphatic heterocycles. The minimum atomic E-state index is -0.699. The van der Waals surface area contributed by atoms with Crippen LogP contribution in [0, 0.1) is 5.92 Å². The summed E-state index contributed by atoms with van der Waals surface area (Å²) in [4.78, 5) is 34.9. The lowest BCUT2D eigenvalue weighted by Crippen LogP contribution is -2.30. The van der Waals surface area contributed by atoms with Gasteiger partial charge in [-0.05, 0) is 31.4 Å². The molecule has 0 aliphatic rings. The molecule has 0 aliphatic carbocycles. The van der Waals surface area contributed by atoms with Crippen LogP contribution in [0.2, 0.25) is 0 Å². The molecule has 1 amide bonds. The van der Waals surface area contributed by atoms with Gasteiger partial charge in [-0.2, -0.15) is 0 Å². The van der Waals surface area contributed by atoms with Crippen molar-refractivity contribution in [2.75, 3.05) is 13.2 Å². The number of hydrogen-bond acceptors (Lipinski definition) is 5. The molecule has 0 radical (unpaired) electrons. The van der Waals surface area contributed by atoms with Crippen LogP contribution in [0.5, 0.6) is 0 Å². The van der Waals surface area contributed by atoms with Crippen molar-refractivity contribution in [1.29, 1.82) is 0 Å². The molecule has 0 saturated heterocycles. The van der Waals surface area contributed by atoms with E-state index in [9.17, 15) is 14.4 Å². The number of esters is 1. The van der Waals surface area contributed by atoms with Gasteiger partial charge >= 0.3 is 5.97 Å². The van der Waals surface area contributed by atoms with Crippen molar-refractivity contribution in [3.63, 3.8) is 0 Å². The van der Waals surface area contributed by atoms with E-state index < -0.39 is 5.97 Å². The van der Waals surface area contributed by atoms with E-state index in [2.05, 4.69) is 19.2 Å². The Balaban J connectivity index is 1.89. The summed E-state index contributed by atoms with van der Waals surface area (Å²) in [6.45, 7) is 5.83. The molecule has 0 spiro atoms. The van der Waals surface area contributed by atoms with E-state index in [4.69, 9.17) is 9.15 Å². The van der Waals surface area contributed by atoms with Crippen LogP contribution >= 0.6 is 0 Å². The van der Waals surface area contributed by atoms with Crippen molar-refractivity contribution in [2.45, 2.75) is 27.2 Å². The minimum Gasteiger partial charge on any atom is -0.450 e. The molecule has 0 fully saturated rings. The van der Waals surface area contributed by atoms with E-state index in [1.165, 1.54) is 13.0 Å². The minimum absolute atomic E-state index is 0.0191. The zero-order valence-corrected chi connectivity index (χ0v) is 15.2. The molecule has 0 bridgehead atoms. The normalized spacial score (nSPS) is 10.6. The Hall–Kier alpha value is -2.89. The second-order valence-corrected chi connectivity index (χ2v) is 6.41. The van der Waals surface area contributed by atoms with Crippen molar-refractivity contribution in [3.8, 4) is 11.3 Å². The number of ether oxygens (including phenoxy) is 1. The number of hydrogen-bond donors (Lipinski definition) is 1. The lowest BCUT2D eigenvalue weighted by molar-refractivity contribution is -0.124. The lowest BCUT2D eigenvalue weighted by Gasteiger charge is -2.07. The van der Waals surface area contributed by atoms with E-state index in [1.54, 1.807) is 30.3 Å². The van der Waals surface area contributed by atoms with Crippen LogP contribution in [0.1, 0.15) is 48.1 Å². The van der Waals surface area contributed by atoms with Crippen LogP contribution in [0.3, 0.4) is 0 Å². The average Bonchev–Trinajstić information content (AvgIpc) is 3.09. The molecule has 1 heterocycles. The Morgan fingerprint density at radius 3 is 2.38 bits per heavy atom. The molecular formula is C20H23NO5. The van der Waals surface area contributed by atoms with Crippen LogP contribution in [0.15, 0.2) is 40.8 Å². The van der Waals surface area contributed by atoms with E-state index in [1.807, 2.05) is 0 Å². The Labute approximate surface area is 152 Å². The summed E-state index contributed by atoms with van der Waals surface area (Å²) in [5.41, 5.74) is 1.34. The maximum absolute atomic E-state index is 12.0. The zero-order valence-electron chi connectivity index (χ0n) is 15.2. The average molecular weight is 357 g/mol. The second kappa shape index (κ2) is 8.99. The molecule has 2 rings (SSSR count). The summed E-state index contributed by atoms with van der Waals surface area (Å²) in [7, 11) is 0. The van der Waals surface area contributed by atoms with Gasteiger partial charge < -0.3 is 14.5 Å². The van der Waals surface area contributed by atoms with Crippen molar-refractivity contribution in [3.05, 3.63) is 47.7 Å². The highest BCUT2D eigenvalue weighted by atomic mass is 16.5. The van der Waals surface area contributed by atoms with E-state index in [0.29, 0.717) is 23.8 Å². The third-order valence-corrected chi connectivity index (χ3v) is 3.76. The van der Waals surface area contributed by atoms with Crippen LogP contribution in [0.25, 0.3) is 11.3 Å². The first-order valence-electron chi connectivity index (χ1n) is 8.52. The summed E-state index contributed by atoms with van der Waals surface area (Å²) >= 11 is 0. The highest BCUT2D eigenvalue weighted by Crippen LogP contribution is 2.23. The van der Waals surface area contributed by atoms with Gasteiger partial charge in [0.1, 0.15) is 5.76 Å². The molecular weight excluding hydrogens is 334 g/mol. The molecule has 138 valence electrons. The molecule has 6 heteroatoms. The third kappa shape index (κ3) is 5.58. The summed E-state index contributed by atoms with van der Waals surface area (Å²) in [6.07, 6.45) is 0.865. The Kier molecular flexibility index (Phi) is 6.72. The van der Waals surface area contributed by atoms with Crippen molar-refractivity contribution in [2.24, 2.45) is 5.92 Å². The van der Waals surface area contributed by atoms with Gasteiger partial charge in [-0.15, -0.1) is 0 Å².